The molecule has 0 aromatic rings. The second-order valence-corrected chi connectivity index (χ2v) is 4.39. The van der Waals surface area contributed by atoms with Gasteiger partial charge in [-0.25, -0.2) is 0 Å². The highest BCUT2D eigenvalue weighted by Crippen LogP contribution is 2.27. The molecule has 0 bridgehead atoms. The summed E-state index contributed by atoms with van der Waals surface area (Å²) >= 11 is 0. The zero-order chi connectivity index (χ0) is 12.0. The third-order valence-electron chi connectivity index (χ3n) is 3.19. The summed E-state index contributed by atoms with van der Waals surface area (Å²) in [6.45, 7) is 0.929. The molecule has 0 aromatic carbocycles. The maximum atomic E-state index is 11.6. The van der Waals surface area contributed by atoms with E-state index in [0.717, 1.165) is 25.7 Å². The molecule has 0 spiro atoms. The van der Waals surface area contributed by atoms with Gasteiger partial charge in [0, 0.05) is 12.5 Å². The van der Waals surface area contributed by atoms with Crippen molar-refractivity contribution in [2.75, 3.05) is 13.1 Å². The SMILES string of the molecule is NCC1CCC(C(=O)NCCC(=O)O)CC1. The van der Waals surface area contributed by atoms with Gasteiger partial charge in [0.05, 0.1) is 6.42 Å². The summed E-state index contributed by atoms with van der Waals surface area (Å²) in [7, 11) is 0. The van der Waals surface area contributed by atoms with Crippen LogP contribution in [0.1, 0.15) is 32.1 Å². The fourth-order valence-electron chi connectivity index (χ4n) is 2.10. The smallest absolute Gasteiger partial charge is 0.305 e. The van der Waals surface area contributed by atoms with Gasteiger partial charge in [-0.2, -0.15) is 0 Å². The van der Waals surface area contributed by atoms with Crippen LogP contribution in [0.25, 0.3) is 0 Å². The molecule has 16 heavy (non-hydrogen) atoms. The first kappa shape index (κ1) is 13.0. The van der Waals surface area contributed by atoms with E-state index in [2.05, 4.69) is 5.32 Å². The Morgan fingerprint density at radius 1 is 1.25 bits per heavy atom. The molecule has 0 unspecified atom stereocenters. The molecule has 5 nitrogen and oxygen atoms in total. The summed E-state index contributed by atoms with van der Waals surface area (Å²) in [5.74, 6) is -0.275. The molecular formula is C11H20N2O3. The largest absolute Gasteiger partial charge is 0.481 e. The number of aliphatic carboxylic acids is 1. The zero-order valence-corrected chi connectivity index (χ0v) is 9.45. The van der Waals surface area contributed by atoms with Crippen molar-refractivity contribution in [3.8, 4) is 0 Å². The van der Waals surface area contributed by atoms with Gasteiger partial charge >= 0.3 is 5.97 Å². The van der Waals surface area contributed by atoms with Crippen molar-refractivity contribution in [1.82, 2.24) is 5.32 Å². The topological polar surface area (TPSA) is 92.4 Å². The van der Waals surface area contributed by atoms with Crippen LogP contribution in [0.5, 0.6) is 0 Å². The van der Waals surface area contributed by atoms with Crippen molar-refractivity contribution in [3.05, 3.63) is 0 Å². The van der Waals surface area contributed by atoms with E-state index < -0.39 is 5.97 Å². The van der Waals surface area contributed by atoms with Gasteiger partial charge in [-0.1, -0.05) is 0 Å². The van der Waals surface area contributed by atoms with Crippen LogP contribution in [0, 0.1) is 11.8 Å². The van der Waals surface area contributed by atoms with Crippen molar-refractivity contribution >= 4 is 11.9 Å². The molecule has 0 atom stereocenters. The molecule has 5 heteroatoms. The Morgan fingerprint density at radius 3 is 2.38 bits per heavy atom. The van der Waals surface area contributed by atoms with Crippen LogP contribution in [0.15, 0.2) is 0 Å². The summed E-state index contributed by atoms with van der Waals surface area (Å²) in [5.41, 5.74) is 5.57. The van der Waals surface area contributed by atoms with Gasteiger partial charge in [0.1, 0.15) is 0 Å². The Balaban J connectivity index is 2.20. The molecule has 0 aliphatic heterocycles. The first-order valence-corrected chi connectivity index (χ1v) is 5.83. The number of carbonyl (C=O) groups excluding carboxylic acids is 1. The number of hydrogen-bond donors (Lipinski definition) is 3. The van der Waals surface area contributed by atoms with E-state index in [1.807, 2.05) is 0 Å². The highest BCUT2D eigenvalue weighted by atomic mass is 16.4. The third kappa shape index (κ3) is 4.18. The van der Waals surface area contributed by atoms with Crippen molar-refractivity contribution in [2.45, 2.75) is 32.1 Å². The molecule has 1 aliphatic carbocycles. The van der Waals surface area contributed by atoms with Gasteiger partial charge in [-0.3, -0.25) is 9.59 Å². The Hall–Kier alpha value is -1.10. The van der Waals surface area contributed by atoms with Crippen LogP contribution in [0.4, 0.5) is 0 Å². The van der Waals surface area contributed by atoms with Gasteiger partial charge in [0.25, 0.3) is 0 Å². The van der Waals surface area contributed by atoms with Gasteiger partial charge in [-0.15, -0.1) is 0 Å². The van der Waals surface area contributed by atoms with Crippen LogP contribution in [0.3, 0.4) is 0 Å². The molecule has 4 N–H and O–H groups in total. The van der Waals surface area contributed by atoms with Crippen LogP contribution in [0.2, 0.25) is 0 Å². The Labute approximate surface area is 95.4 Å². The molecule has 1 rings (SSSR count). The van der Waals surface area contributed by atoms with E-state index in [9.17, 15) is 9.59 Å². The van der Waals surface area contributed by atoms with E-state index in [1.165, 1.54) is 0 Å². The summed E-state index contributed by atoms with van der Waals surface area (Å²) in [5, 5.41) is 11.1. The number of nitrogens with one attached hydrogen (secondary N) is 1. The lowest BCUT2D eigenvalue weighted by atomic mass is 9.81. The third-order valence-corrected chi connectivity index (χ3v) is 3.19. The fourth-order valence-corrected chi connectivity index (χ4v) is 2.10. The summed E-state index contributed by atoms with van der Waals surface area (Å²) < 4.78 is 0. The van der Waals surface area contributed by atoms with Crippen molar-refractivity contribution in [1.29, 1.82) is 0 Å². The van der Waals surface area contributed by atoms with Gasteiger partial charge < -0.3 is 16.2 Å². The highest BCUT2D eigenvalue weighted by molar-refractivity contribution is 5.79. The molecule has 0 radical (unpaired) electrons. The molecule has 1 aliphatic rings. The first-order chi connectivity index (χ1) is 7.63. The molecule has 92 valence electrons. The van der Waals surface area contributed by atoms with Crippen molar-refractivity contribution in [3.63, 3.8) is 0 Å². The monoisotopic (exact) mass is 228 g/mol. The predicted octanol–water partition coefficient (Wildman–Crippen LogP) is 0.342. The van der Waals surface area contributed by atoms with E-state index >= 15 is 0 Å². The van der Waals surface area contributed by atoms with Crippen LogP contribution < -0.4 is 11.1 Å². The standard InChI is InChI=1S/C11H20N2O3/c12-7-8-1-3-9(4-2-8)11(16)13-6-5-10(14)15/h8-9H,1-7,12H2,(H,13,16)(H,14,15). The second kappa shape index (κ2) is 6.48. The molecule has 1 amide bonds. The van der Waals surface area contributed by atoms with Gasteiger partial charge in [0.2, 0.25) is 5.91 Å². The van der Waals surface area contributed by atoms with Crippen LogP contribution >= 0.6 is 0 Å². The molecule has 0 saturated heterocycles. The Morgan fingerprint density at radius 2 is 1.88 bits per heavy atom. The average Bonchev–Trinajstić information content (AvgIpc) is 2.28. The Bertz CT molecular complexity index is 248. The van der Waals surface area contributed by atoms with E-state index in [0.29, 0.717) is 12.5 Å². The lowest BCUT2D eigenvalue weighted by Gasteiger charge is -2.26. The lowest BCUT2D eigenvalue weighted by Crippen LogP contribution is -2.35. The van der Waals surface area contributed by atoms with E-state index in [1.54, 1.807) is 0 Å². The number of carboxylic acids is 1. The number of carbonyl (C=O) groups is 2. The van der Waals surface area contributed by atoms with Crippen molar-refractivity contribution < 1.29 is 14.7 Å². The van der Waals surface area contributed by atoms with Gasteiger partial charge in [-0.05, 0) is 38.1 Å². The molecule has 1 fully saturated rings. The summed E-state index contributed by atoms with van der Waals surface area (Å²) in [4.78, 5) is 21.9. The lowest BCUT2D eigenvalue weighted by molar-refractivity contribution is -0.137. The number of hydrogen-bond acceptors (Lipinski definition) is 3. The molecule has 0 aromatic heterocycles. The normalized spacial score (nSPS) is 25.1. The average molecular weight is 228 g/mol. The predicted molar refractivity (Wildman–Crippen MR) is 59.8 cm³/mol. The summed E-state index contributed by atoms with van der Waals surface area (Å²) in [6.07, 6.45) is 3.76. The second-order valence-electron chi connectivity index (χ2n) is 4.39. The number of amides is 1. The van der Waals surface area contributed by atoms with Gasteiger partial charge in [0.15, 0.2) is 0 Å². The summed E-state index contributed by atoms with van der Waals surface area (Å²) in [6, 6.07) is 0. The quantitative estimate of drug-likeness (QED) is 0.632. The van der Waals surface area contributed by atoms with E-state index in [4.69, 9.17) is 10.8 Å². The highest BCUT2D eigenvalue weighted by Gasteiger charge is 2.25. The number of rotatable bonds is 5. The Kier molecular flexibility index (Phi) is 5.25. The van der Waals surface area contributed by atoms with Crippen LogP contribution in [-0.2, 0) is 9.59 Å². The minimum absolute atomic E-state index is 0.00304. The molecular weight excluding hydrogens is 208 g/mol. The zero-order valence-electron chi connectivity index (χ0n) is 9.45. The minimum atomic E-state index is -0.882. The first-order valence-electron chi connectivity index (χ1n) is 5.83. The number of carboxylic acid groups (broad SMARTS) is 1. The molecule has 1 saturated carbocycles. The maximum Gasteiger partial charge on any atom is 0.305 e. The maximum absolute atomic E-state index is 11.6. The van der Waals surface area contributed by atoms with Crippen LogP contribution in [-0.4, -0.2) is 30.1 Å². The molecule has 0 heterocycles. The number of nitrogens with two attached hydrogens (primary N) is 1. The van der Waals surface area contributed by atoms with E-state index in [-0.39, 0.29) is 24.8 Å². The fraction of sp³-hybridized carbons (Fsp3) is 0.818. The minimum Gasteiger partial charge on any atom is -0.481 e. The van der Waals surface area contributed by atoms with Crippen molar-refractivity contribution in [2.24, 2.45) is 17.6 Å².